The van der Waals surface area contributed by atoms with Gasteiger partial charge < -0.3 is 15.2 Å². The van der Waals surface area contributed by atoms with Crippen molar-refractivity contribution in [3.8, 4) is 11.5 Å². The molecule has 0 saturated carbocycles. The lowest BCUT2D eigenvalue weighted by molar-refractivity contribution is -0.00868. The average molecular weight is 423 g/mol. The summed E-state index contributed by atoms with van der Waals surface area (Å²) < 4.78 is 6.06. The molecule has 0 bridgehead atoms. The first-order valence-electron chi connectivity index (χ1n) is 10.4. The summed E-state index contributed by atoms with van der Waals surface area (Å²) in [6, 6.07) is 25.9. The van der Waals surface area contributed by atoms with Gasteiger partial charge in [-0.05, 0) is 54.8 Å². The Labute approximate surface area is 183 Å². The molecule has 1 fully saturated rings. The highest BCUT2D eigenvalue weighted by Crippen LogP contribution is 2.31. The van der Waals surface area contributed by atoms with Crippen LogP contribution in [-0.2, 0) is 6.42 Å². The van der Waals surface area contributed by atoms with Crippen LogP contribution in [-0.4, -0.2) is 35.4 Å². The quantitative estimate of drug-likeness (QED) is 0.522. The average Bonchev–Trinajstić information content (AvgIpc) is 2.78. The van der Waals surface area contributed by atoms with Gasteiger partial charge in [0.1, 0.15) is 12.0 Å². The summed E-state index contributed by atoms with van der Waals surface area (Å²) in [5.74, 6) is 1.55. The second-order valence-corrected chi connectivity index (χ2v) is 8.11. The van der Waals surface area contributed by atoms with Crippen molar-refractivity contribution in [3.63, 3.8) is 0 Å². The molecule has 0 aliphatic carbocycles. The molecule has 0 spiro atoms. The fourth-order valence-electron chi connectivity index (χ4n) is 3.82. The van der Waals surface area contributed by atoms with Crippen molar-refractivity contribution in [2.45, 2.75) is 31.5 Å². The zero-order valence-corrected chi connectivity index (χ0v) is 17.6. The monoisotopic (exact) mass is 422 g/mol. The Morgan fingerprint density at radius 2 is 1.60 bits per heavy atom. The van der Waals surface area contributed by atoms with E-state index in [9.17, 15) is 5.11 Å². The number of nitrogens with one attached hydrogen (secondary N) is 1. The van der Waals surface area contributed by atoms with Crippen LogP contribution in [0.25, 0.3) is 0 Å². The largest absolute Gasteiger partial charge is 0.455 e. The summed E-state index contributed by atoms with van der Waals surface area (Å²) in [5, 5.41) is 14.9. The maximum Gasteiger partial charge on any atom is 0.150 e. The minimum absolute atomic E-state index is 0.347. The third kappa shape index (κ3) is 5.54. The van der Waals surface area contributed by atoms with Crippen molar-refractivity contribution in [2.24, 2.45) is 0 Å². The van der Waals surface area contributed by atoms with Crippen LogP contribution in [0.2, 0.25) is 5.02 Å². The van der Waals surface area contributed by atoms with Crippen molar-refractivity contribution in [1.82, 2.24) is 4.90 Å². The molecule has 1 saturated heterocycles. The van der Waals surface area contributed by atoms with Crippen LogP contribution in [0.4, 0.5) is 5.69 Å². The van der Waals surface area contributed by atoms with Crippen molar-refractivity contribution >= 4 is 17.3 Å². The zero-order chi connectivity index (χ0) is 20.8. The van der Waals surface area contributed by atoms with Crippen LogP contribution in [0, 0.1) is 0 Å². The number of halogens is 1. The van der Waals surface area contributed by atoms with Gasteiger partial charge in [0.2, 0.25) is 0 Å². The first-order chi connectivity index (χ1) is 14.7. The van der Waals surface area contributed by atoms with Crippen LogP contribution in [0.5, 0.6) is 11.5 Å². The topological polar surface area (TPSA) is 44.7 Å². The number of piperidine rings is 1. The normalized spacial score (nSPS) is 16.2. The number of ether oxygens (including phenoxy) is 1. The molecule has 1 aliphatic rings. The molecule has 1 aliphatic heterocycles. The number of likely N-dealkylation sites (tertiary alicyclic amines) is 1. The summed E-state index contributed by atoms with van der Waals surface area (Å²) in [4.78, 5) is 2.17. The first-order valence-corrected chi connectivity index (χ1v) is 10.8. The Kier molecular flexibility index (Phi) is 6.90. The van der Waals surface area contributed by atoms with Gasteiger partial charge in [0, 0.05) is 30.6 Å². The van der Waals surface area contributed by atoms with Gasteiger partial charge in [0.15, 0.2) is 5.75 Å². The van der Waals surface area contributed by atoms with Gasteiger partial charge in [0.05, 0.1) is 5.69 Å². The summed E-state index contributed by atoms with van der Waals surface area (Å²) >= 11 is 5.96. The number of para-hydroxylation sites is 2. The molecule has 0 amide bonds. The zero-order valence-electron chi connectivity index (χ0n) is 16.9. The van der Waals surface area contributed by atoms with Crippen LogP contribution < -0.4 is 10.1 Å². The van der Waals surface area contributed by atoms with E-state index in [0.717, 1.165) is 43.1 Å². The molecular weight excluding hydrogens is 396 g/mol. The molecule has 3 aromatic carbocycles. The summed E-state index contributed by atoms with van der Waals surface area (Å²) in [5.41, 5.74) is 2.15. The van der Waals surface area contributed by atoms with Gasteiger partial charge in [-0.3, -0.25) is 4.90 Å². The van der Waals surface area contributed by atoms with E-state index >= 15 is 0 Å². The summed E-state index contributed by atoms with van der Waals surface area (Å²) in [7, 11) is 0. The van der Waals surface area contributed by atoms with Gasteiger partial charge in [-0.25, -0.2) is 0 Å². The number of benzene rings is 3. The van der Waals surface area contributed by atoms with Gasteiger partial charge in [-0.1, -0.05) is 54.1 Å². The predicted molar refractivity (Wildman–Crippen MR) is 122 cm³/mol. The van der Waals surface area contributed by atoms with Crippen molar-refractivity contribution in [1.29, 1.82) is 0 Å². The molecule has 1 atom stereocenters. The number of rotatable bonds is 7. The van der Waals surface area contributed by atoms with Crippen molar-refractivity contribution in [3.05, 3.63) is 89.4 Å². The van der Waals surface area contributed by atoms with E-state index in [0.29, 0.717) is 17.5 Å². The van der Waals surface area contributed by atoms with E-state index in [-0.39, 0.29) is 0 Å². The molecule has 1 unspecified atom stereocenters. The van der Waals surface area contributed by atoms with E-state index in [4.69, 9.17) is 16.3 Å². The van der Waals surface area contributed by atoms with E-state index in [1.807, 2.05) is 66.7 Å². The molecule has 5 heteroatoms. The lowest BCUT2D eigenvalue weighted by Gasteiger charge is -2.36. The highest BCUT2D eigenvalue weighted by molar-refractivity contribution is 6.30. The van der Waals surface area contributed by atoms with Crippen LogP contribution in [0.3, 0.4) is 0 Å². The van der Waals surface area contributed by atoms with E-state index < -0.39 is 6.23 Å². The molecule has 0 radical (unpaired) electrons. The first kappa shape index (κ1) is 20.7. The molecule has 0 aromatic heterocycles. The third-order valence-corrected chi connectivity index (χ3v) is 5.75. The SMILES string of the molecule is OC(Cc1ccccc1)N1CCC(Nc2ccccc2Oc2ccc(Cl)cc2)CC1. The number of aliphatic hydroxyl groups is 1. The number of aliphatic hydroxyl groups excluding tert-OH is 1. The molecule has 3 aromatic rings. The van der Waals surface area contributed by atoms with Gasteiger partial charge >= 0.3 is 0 Å². The third-order valence-electron chi connectivity index (χ3n) is 5.50. The fraction of sp³-hybridized carbons (Fsp3) is 0.280. The minimum atomic E-state index is -0.436. The van der Waals surface area contributed by atoms with Gasteiger partial charge in [-0.15, -0.1) is 0 Å². The molecular formula is C25H27ClN2O2. The molecule has 1 heterocycles. The Balaban J connectivity index is 1.32. The maximum atomic E-state index is 10.6. The number of anilines is 1. The minimum Gasteiger partial charge on any atom is -0.455 e. The van der Waals surface area contributed by atoms with Crippen molar-refractivity contribution in [2.75, 3.05) is 18.4 Å². The molecule has 156 valence electrons. The number of hydrogen-bond donors (Lipinski definition) is 2. The predicted octanol–water partition coefficient (Wildman–Crippen LogP) is 5.57. The lowest BCUT2D eigenvalue weighted by Crippen LogP contribution is -2.45. The lowest BCUT2D eigenvalue weighted by atomic mass is 10.0. The van der Waals surface area contributed by atoms with E-state index in [2.05, 4.69) is 22.3 Å². The second-order valence-electron chi connectivity index (χ2n) is 7.68. The van der Waals surface area contributed by atoms with Crippen molar-refractivity contribution < 1.29 is 9.84 Å². The highest BCUT2D eigenvalue weighted by atomic mass is 35.5. The Hall–Kier alpha value is -2.53. The Morgan fingerprint density at radius 3 is 2.33 bits per heavy atom. The van der Waals surface area contributed by atoms with Gasteiger partial charge in [-0.2, -0.15) is 0 Å². The van der Waals surface area contributed by atoms with Crippen LogP contribution in [0.15, 0.2) is 78.9 Å². The number of hydrogen-bond acceptors (Lipinski definition) is 4. The standard InChI is InChI=1S/C25H27ClN2O2/c26-20-10-12-22(13-11-20)30-24-9-5-4-8-23(24)27-21-14-16-28(17-15-21)25(29)18-19-6-2-1-3-7-19/h1-13,21,25,27,29H,14-18H2. The summed E-state index contributed by atoms with van der Waals surface area (Å²) in [6.07, 6.45) is 2.17. The fourth-order valence-corrected chi connectivity index (χ4v) is 3.95. The molecule has 4 rings (SSSR count). The highest BCUT2D eigenvalue weighted by Gasteiger charge is 2.24. The van der Waals surface area contributed by atoms with Gasteiger partial charge in [0.25, 0.3) is 0 Å². The summed E-state index contributed by atoms with van der Waals surface area (Å²) in [6.45, 7) is 1.73. The second kappa shape index (κ2) is 9.98. The van der Waals surface area contributed by atoms with Crippen LogP contribution in [0.1, 0.15) is 18.4 Å². The molecule has 4 nitrogen and oxygen atoms in total. The molecule has 30 heavy (non-hydrogen) atoms. The number of nitrogens with zero attached hydrogens (tertiary/aromatic N) is 1. The van der Waals surface area contributed by atoms with E-state index in [1.165, 1.54) is 5.56 Å². The maximum absolute atomic E-state index is 10.6. The van der Waals surface area contributed by atoms with E-state index in [1.54, 1.807) is 0 Å². The Morgan fingerprint density at radius 1 is 0.933 bits per heavy atom. The Bertz CT molecular complexity index is 925. The smallest absolute Gasteiger partial charge is 0.150 e. The molecule has 2 N–H and O–H groups in total. The van der Waals surface area contributed by atoms with Crippen LogP contribution >= 0.6 is 11.6 Å².